The molecule has 0 heterocycles. The minimum Gasteiger partial charge on any atom is -0.382 e. The molecule has 0 spiro atoms. The molecule has 1 saturated carbocycles. The lowest BCUT2D eigenvalue weighted by Crippen LogP contribution is -2.37. The summed E-state index contributed by atoms with van der Waals surface area (Å²) < 4.78 is 10.5. The van der Waals surface area contributed by atoms with Crippen LogP contribution in [-0.2, 0) is 20.8 Å². The third-order valence-corrected chi connectivity index (χ3v) is 4.66. The molecule has 5 nitrogen and oxygen atoms in total. The number of hydrogen-bond acceptors (Lipinski definition) is 4. The van der Waals surface area contributed by atoms with E-state index in [2.05, 4.69) is 0 Å². The molecule has 1 fully saturated rings. The monoisotopic (exact) mass is 370 g/mol. The van der Waals surface area contributed by atoms with Gasteiger partial charge in [0.1, 0.15) is 0 Å². The summed E-state index contributed by atoms with van der Waals surface area (Å²) in [5.74, 6) is 0.502. The zero-order chi connectivity index (χ0) is 17.2. The van der Waals surface area contributed by atoms with Crippen LogP contribution in [0.25, 0.3) is 0 Å². The Morgan fingerprint density at radius 1 is 1.20 bits per heavy atom. The van der Waals surface area contributed by atoms with Crippen LogP contribution in [0.2, 0.25) is 0 Å². The molecule has 1 aliphatic carbocycles. The molecule has 6 heteroatoms. The largest absolute Gasteiger partial charge is 0.382 e. The molecule has 0 unspecified atom stereocenters. The summed E-state index contributed by atoms with van der Waals surface area (Å²) in [6, 6.07) is 10.3. The Bertz CT molecular complexity index is 487. The van der Waals surface area contributed by atoms with E-state index in [-0.39, 0.29) is 24.4 Å². The molecule has 2 N–H and O–H groups in total. The predicted molar refractivity (Wildman–Crippen MR) is 102 cm³/mol. The minimum absolute atomic E-state index is 0. The number of hydrogen-bond donors (Lipinski definition) is 1. The fourth-order valence-electron chi connectivity index (χ4n) is 3.19. The highest BCUT2D eigenvalue weighted by Crippen LogP contribution is 2.27. The highest BCUT2D eigenvalue weighted by Gasteiger charge is 2.28. The molecule has 25 heavy (non-hydrogen) atoms. The number of nitrogens with two attached hydrogens (primary N) is 1. The van der Waals surface area contributed by atoms with Gasteiger partial charge in [0.25, 0.3) is 0 Å². The molecular formula is C19H31ClN2O3. The molecule has 0 aromatic heterocycles. The molecule has 0 aliphatic heterocycles. The van der Waals surface area contributed by atoms with Crippen LogP contribution in [0.4, 0.5) is 0 Å². The maximum atomic E-state index is 12.8. The van der Waals surface area contributed by atoms with E-state index < -0.39 is 0 Å². The fourth-order valence-corrected chi connectivity index (χ4v) is 3.19. The smallest absolute Gasteiger partial charge is 0.223 e. The Balaban J connectivity index is 0.00000312. The fraction of sp³-hybridized carbons (Fsp3) is 0.632. The number of amides is 1. The van der Waals surface area contributed by atoms with E-state index in [0.717, 1.165) is 24.8 Å². The molecule has 1 aromatic rings. The zero-order valence-corrected chi connectivity index (χ0v) is 15.9. The number of methoxy groups -OCH3 is 1. The second-order valence-corrected chi connectivity index (χ2v) is 6.47. The third kappa shape index (κ3) is 7.74. The SMILES string of the molecule is COCCOCCN(Cc1ccccc1)C(=O)C[C@@H]1CCC[C@H]1N.Cl. The Labute approximate surface area is 157 Å². The molecule has 0 radical (unpaired) electrons. The second kappa shape index (κ2) is 12.3. The summed E-state index contributed by atoms with van der Waals surface area (Å²) in [6.07, 6.45) is 3.79. The normalized spacial score (nSPS) is 19.4. The van der Waals surface area contributed by atoms with Crippen molar-refractivity contribution < 1.29 is 14.3 Å². The third-order valence-electron chi connectivity index (χ3n) is 4.66. The number of nitrogens with zero attached hydrogens (tertiary/aromatic N) is 1. The van der Waals surface area contributed by atoms with Crippen LogP contribution in [0.5, 0.6) is 0 Å². The highest BCUT2D eigenvalue weighted by atomic mass is 35.5. The van der Waals surface area contributed by atoms with Crippen LogP contribution < -0.4 is 5.73 Å². The molecule has 2 atom stereocenters. The average molecular weight is 371 g/mol. The molecule has 1 aromatic carbocycles. The van der Waals surface area contributed by atoms with Crippen LogP contribution in [0.3, 0.4) is 0 Å². The standard InChI is InChI=1S/C19H30N2O3.ClH/c1-23-12-13-24-11-10-21(15-16-6-3-2-4-7-16)19(22)14-17-8-5-9-18(17)20;/h2-4,6-7,17-18H,5,8-15,20H2,1H3;1H/t17-,18+;/m0./s1. The van der Waals surface area contributed by atoms with Crippen molar-refractivity contribution in [3.05, 3.63) is 35.9 Å². The molecule has 1 aliphatic rings. The van der Waals surface area contributed by atoms with Gasteiger partial charge in [0.05, 0.1) is 19.8 Å². The van der Waals surface area contributed by atoms with Crippen molar-refractivity contribution >= 4 is 18.3 Å². The summed E-state index contributed by atoms with van der Waals surface area (Å²) in [7, 11) is 1.65. The van der Waals surface area contributed by atoms with E-state index in [1.807, 2.05) is 35.2 Å². The molecular weight excluding hydrogens is 340 g/mol. The Hall–Kier alpha value is -1.14. The summed E-state index contributed by atoms with van der Waals surface area (Å²) in [5.41, 5.74) is 7.26. The number of ether oxygens (including phenoxy) is 2. The number of halogens is 1. The first-order valence-electron chi connectivity index (χ1n) is 8.84. The summed E-state index contributed by atoms with van der Waals surface area (Å²) in [6.45, 7) is 2.87. The van der Waals surface area contributed by atoms with E-state index in [9.17, 15) is 4.79 Å². The first kappa shape index (κ1) is 21.9. The molecule has 1 amide bonds. The number of carbonyl (C=O) groups is 1. The van der Waals surface area contributed by atoms with Crippen molar-refractivity contribution in [3.63, 3.8) is 0 Å². The van der Waals surface area contributed by atoms with Crippen molar-refractivity contribution in [3.8, 4) is 0 Å². The van der Waals surface area contributed by atoms with Crippen molar-refractivity contribution in [1.82, 2.24) is 4.90 Å². The van der Waals surface area contributed by atoms with Crippen LogP contribution in [-0.4, -0.2) is 50.3 Å². The van der Waals surface area contributed by atoms with E-state index >= 15 is 0 Å². The van der Waals surface area contributed by atoms with Gasteiger partial charge in [0.2, 0.25) is 5.91 Å². The van der Waals surface area contributed by atoms with Crippen molar-refractivity contribution in [2.75, 3.05) is 33.5 Å². The van der Waals surface area contributed by atoms with E-state index in [1.54, 1.807) is 7.11 Å². The maximum absolute atomic E-state index is 12.8. The van der Waals surface area contributed by atoms with Crippen molar-refractivity contribution in [2.45, 2.75) is 38.3 Å². The van der Waals surface area contributed by atoms with Gasteiger partial charge in [-0.1, -0.05) is 36.8 Å². The lowest BCUT2D eigenvalue weighted by atomic mass is 9.99. The minimum atomic E-state index is 0. The Morgan fingerprint density at radius 3 is 2.60 bits per heavy atom. The molecule has 2 rings (SSSR count). The van der Waals surface area contributed by atoms with Crippen LogP contribution in [0, 0.1) is 5.92 Å². The topological polar surface area (TPSA) is 64.8 Å². The molecule has 0 saturated heterocycles. The van der Waals surface area contributed by atoms with Crippen LogP contribution >= 0.6 is 12.4 Å². The average Bonchev–Trinajstić information content (AvgIpc) is 2.99. The van der Waals surface area contributed by atoms with Gasteiger partial charge in [-0.15, -0.1) is 12.4 Å². The molecule has 0 bridgehead atoms. The highest BCUT2D eigenvalue weighted by molar-refractivity contribution is 5.85. The quantitative estimate of drug-likeness (QED) is 0.643. The van der Waals surface area contributed by atoms with Gasteiger partial charge in [0.15, 0.2) is 0 Å². The van der Waals surface area contributed by atoms with Gasteiger partial charge in [-0.3, -0.25) is 4.79 Å². The van der Waals surface area contributed by atoms with Gasteiger partial charge < -0.3 is 20.1 Å². The van der Waals surface area contributed by atoms with Crippen LogP contribution in [0.1, 0.15) is 31.2 Å². The van der Waals surface area contributed by atoms with Gasteiger partial charge in [0, 0.05) is 32.7 Å². The van der Waals surface area contributed by atoms with E-state index in [0.29, 0.717) is 45.2 Å². The summed E-state index contributed by atoms with van der Waals surface area (Å²) in [5, 5.41) is 0. The van der Waals surface area contributed by atoms with Gasteiger partial charge in [-0.05, 0) is 24.3 Å². The molecule has 142 valence electrons. The van der Waals surface area contributed by atoms with Crippen LogP contribution in [0.15, 0.2) is 30.3 Å². The van der Waals surface area contributed by atoms with E-state index in [1.165, 1.54) is 0 Å². The number of carbonyl (C=O) groups excluding carboxylic acids is 1. The number of rotatable bonds is 10. The zero-order valence-electron chi connectivity index (χ0n) is 15.1. The summed E-state index contributed by atoms with van der Waals surface area (Å²) >= 11 is 0. The van der Waals surface area contributed by atoms with Gasteiger partial charge >= 0.3 is 0 Å². The number of benzene rings is 1. The van der Waals surface area contributed by atoms with Gasteiger partial charge in [-0.2, -0.15) is 0 Å². The summed E-state index contributed by atoms with van der Waals surface area (Å²) in [4.78, 5) is 14.7. The predicted octanol–water partition coefficient (Wildman–Crippen LogP) is 2.62. The lowest BCUT2D eigenvalue weighted by molar-refractivity contribution is -0.133. The van der Waals surface area contributed by atoms with E-state index in [4.69, 9.17) is 15.2 Å². The lowest BCUT2D eigenvalue weighted by Gasteiger charge is -2.25. The first-order chi connectivity index (χ1) is 11.7. The second-order valence-electron chi connectivity index (χ2n) is 6.47. The van der Waals surface area contributed by atoms with Crippen molar-refractivity contribution in [2.24, 2.45) is 11.7 Å². The Morgan fingerprint density at radius 2 is 1.96 bits per heavy atom. The van der Waals surface area contributed by atoms with Crippen molar-refractivity contribution in [1.29, 1.82) is 0 Å². The first-order valence-corrected chi connectivity index (χ1v) is 8.84. The van der Waals surface area contributed by atoms with Gasteiger partial charge in [-0.25, -0.2) is 0 Å². The maximum Gasteiger partial charge on any atom is 0.223 e. The Kier molecular flexibility index (Phi) is 10.7.